The second kappa shape index (κ2) is 6.07. The lowest BCUT2D eigenvalue weighted by Crippen LogP contribution is -2.21. The number of hydrazone groups is 1. The van der Waals surface area contributed by atoms with Gasteiger partial charge in [-0.05, 0) is 42.8 Å². The Bertz CT molecular complexity index is 814. The van der Waals surface area contributed by atoms with Gasteiger partial charge >= 0.3 is 0 Å². The minimum absolute atomic E-state index is 0.175. The summed E-state index contributed by atoms with van der Waals surface area (Å²) >= 11 is 9.58. The van der Waals surface area contributed by atoms with Crippen molar-refractivity contribution in [1.82, 2.24) is 0 Å². The number of halogens is 2. The molecule has 0 saturated heterocycles. The van der Waals surface area contributed by atoms with Crippen molar-refractivity contribution in [3.05, 3.63) is 69.2 Å². The molecule has 0 aromatic heterocycles. The van der Waals surface area contributed by atoms with Crippen molar-refractivity contribution in [3.63, 3.8) is 0 Å². The largest absolute Gasteiger partial charge is 0.280 e. The maximum absolute atomic E-state index is 12.6. The van der Waals surface area contributed by atoms with Crippen LogP contribution in [0.5, 0.6) is 0 Å². The second-order valence-corrected chi connectivity index (χ2v) is 6.19. The molecular formula is C17H12BrClN2O. The predicted octanol–water partition coefficient (Wildman–Crippen LogP) is 4.91. The zero-order valence-electron chi connectivity index (χ0n) is 11.8. The highest BCUT2D eigenvalue weighted by Crippen LogP contribution is 2.30. The van der Waals surface area contributed by atoms with Gasteiger partial charge in [0, 0.05) is 4.47 Å². The summed E-state index contributed by atoms with van der Waals surface area (Å²) in [4.78, 5) is 12.6. The van der Waals surface area contributed by atoms with Crippen LogP contribution in [0.15, 0.2) is 63.7 Å². The normalized spacial score (nSPS) is 16.3. The van der Waals surface area contributed by atoms with Crippen LogP contribution in [0.1, 0.15) is 12.5 Å². The van der Waals surface area contributed by atoms with Crippen molar-refractivity contribution >= 4 is 50.9 Å². The molecule has 0 saturated carbocycles. The van der Waals surface area contributed by atoms with Crippen molar-refractivity contribution in [2.45, 2.75) is 6.92 Å². The lowest BCUT2D eigenvalue weighted by atomic mass is 10.1. The van der Waals surface area contributed by atoms with Crippen molar-refractivity contribution in [1.29, 1.82) is 0 Å². The van der Waals surface area contributed by atoms with E-state index in [-0.39, 0.29) is 5.91 Å². The third-order valence-electron chi connectivity index (χ3n) is 3.30. The summed E-state index contributed by atoms with van der Waals surface area (Å²) in [6.07, 6.45) is 1.84. The lowest BCUT2D eigenvalue weighted by Gasteiger charge is -2.13. The van der Waals surface area contributed by atoms with Crippen LogP contribution in [0.4, 0.5) is 5.69 Å². The minimum Gasteiger partial charge on any atom is -0.267 e. The maximum Gasteiger partial charge on any atom is 0.280 e. The standard InChI is InChI=1S/C17H12BrClN2O/c1-11-14(10-12-5-4-6-13(18)9-12)17(22)21(20-11)16-8-3-2-7-15(16)19/h2-10H,1H3/b14-10-. The molecule has 0 fully saturated rings. The minimum atomic E-state index is -0.175. The number of rotatable bonds is 2. The van der Waals surface area contributed by atoms with E-state index in [1.54, 1.807) is 12.1 Å². The van der Waals surface area contributed by atoms with Crippen LogP contribution in [0.25, 0.3) is 6.08 Å². The molecule has 0 unspecified atom stereocenters. The van der Waals surface area contributed by atoms with Gasteiger partial charge in [-0.2, -0.15) is 10.1 Å². The molecule has 5 heteroatoms. The first kappa shape index (κ1) is 15.0. The first-order valence-corrected chi connectivity index (χ1v) is 7.85. The average molecular weight is 376 g/mol. The van der Waals surface area contributed by atoms with Crippen molar-refractivity contribution < 1.29 is 4.79 Å². The fraction of sp³-hybridized carbons (Fsp3) is 0.0588. The molecule has 1 heterocycles. The first-order chi connectivity index (χ1) is 10.6. The number of anilines is 1. The smallest absolute Gasteiger partial charge is 0.267 e. The Morgan fingerprint density at radius 3 is 2.68 bits per heavy atom. The number of hydrogen-bond donors (Lipinski definition) is 0. The van der Waals surface area contributed by atoms with E-state index in [4.69, 9.17) is 11.6 Å². The van der Waals surface area contributed by atoms with Gasteiger partial charge in [0.25, 0.3) is 5.91 Å². The molecule has 3 rings (SSSR count). The SMILES string of the molecule is CC1=NN(c2ccccc2Cl)C(=O)/C1=C\c1cccc(Br)c1. The van der Waals surface area contributed by atoms with E-state index in [9.17, 15) is 4.79 Å². The lowest BCUT2D eigenvalue weighted by molar-refractivity contribution is -0.114. The van der Waals surface area contributed by atoms with Gasteiger partial charge in [0.15, 0.2) is 0 Å². The number of amides is 1. The van der Waals surface area contributed by atoms with E-state index >= 15 is 0 Å². The van der Waals surface area contributed by atoms with Crippen molar-refractivity contribution in [2.75, 3.05) is 5.01 Å². The molecule has 0 spiro atoms. The van der Waals surface area contributed by atoms with Gasteiger partial charge in [-0.25, -0.2) is 0 Å². The van der Waals surface area contributed by atoms with Crippen LogP contribution in [0.2, 0.25) is 5.02 Å². The summed E-state index contributed by atoms with van der Waals surface area (Å²) in [7, 11) is 0. The van der Waals surface area contributed by atoms with Gasteiger partial charge in [-0.1, -0.05) is 51.8 Å². The quantitative estimate of drug-likeness (QED) is 0.687. The summed E-state index contributed by atoms with van der Waals surface area (Å²) in [5.74, 6) is -0.175. The Morgan fingerprint density at radius 1 is 1.18 bits per heavy atom. The third kappa shape index (κ3) is 2.85. The Hall–Kier alpha value is -1.91. The Labute approximate surface area is 142 Å². The summed E-state index contributed by atoms with van der Waals surface area (Å²) in [6.45, 7) is 1.82. The molecule has 2 aromatic carbocycles. The van der Waals surface area contributed by atoms with Crippen LogP contribution in [-0.2, 0) is 4.79 Å². The zero-order valence-corrected chi connectivity index (χ0v) is 14.1. The highest BCUT2D eigenvalue weighted by atomic mass is 79.9. The molecule has 0 aliphatic carbocycles. The Kier molecular flexibility index (Phi) is 4.14. The number of carbonyl (C=O) groups is 1. The van der Waals surface area contributed by atoms with Crippen LogP contribution >= 0.6 is 27.5 Å². The van der Waals surface area contributed by atoms with Gasteiger partial charge in [0.2, 0.25) is 0 Å². The number of benzene rings is 2. The highest BCUT2D eigenvalue weighted by molar-refractivity contribution is 9.10. The Morgan fingerprint density at radius 2 is 1.95 bits per heavy atom. The molecule has 0 N–H and O–H groups in total. The molecule has 0 bridgehead atoms. The number of para-hydroxylation sites is 1. The molecule has 22 heavy (non-hydrogen) atoms. The topological polar surface area (TPSA) is 32.7 Å². The third-order valence-corrected chi connectivity index (χ3v) is 4.12. The average Bonchev–Trinajstić information content (AvgIpc) is 2.76. The van der Waals surface area contributed by atoms with Crippen molar-refractivity contribution in [2.24, 2.45) is 5.10 Å². The van der Waals surface area contributed by atoms with E-state index in [0.29, 0.717) is 22.0 Å². The van der Waals surface area contributed by atoms with Crippen molar-refractivity contribution in [3.8, 4) is 0 Å². The van der Waals surface area contributed by atoms with E-state index in [2.05, 4.69) is 21.0 Å². The van der Waals surface area contributed by atoms with Crippen LogP contribution in [-0.4, -0.2) is 11.6 Å². The number of carbonyl (C=O) groups excluding carboxylic acids is 1. The fourth-order valence-corrected chi connectivity index (χ4v) is 2.87. The monoisotopic (exact) mass is 374 g/mol. The Balaban J connectivity index is 1.99. The van der Waals surface area contributed by atoms with E-state index in [1.807, 2.05) is 49.4 Å². The molecule has 1 aliphatic heterocycles. The van der Waals surface area contributed by atoms with E-state index in [0.717, 1.165) is 10.0 Å². The molecule has 1 aliphatic rings. The number of nitrogens with zero attached hydrogens (tertiary/aromatic N) is 2. The molecule has 1 amide bonds. The van der Waals surface area contributed by atoms with Gasteiger partial charge < -0.3 is 0 Å². The fourth-order valence-electron chi connectivity index (χ4n) is 2.23. The summed E-state index contributed by atoms with van der Waals surface area (Å²) in [6, 6.07) is 14.9. The maximum atomic E-state index is 12.6. The second-order valence-electron chi connectivity index (χ2n) is 4.87. The van der Waals surface area contributed by atoms with E-state index < -0.39 is 0 Å². The van der Waals surface area contributed by atoms with Crippen LogP contribution in [0.3, 0.4) is 0 Å². The van der Waals surface area contributed by atoms with Gasteiger partial charge in [-0.15, -0.1) is 0 Å². The molecule has 0 radical (unpaired) electrons. The summed E-state index contributed by atoms with van der Waals surface area (Å²) < 4.78 is 0.963. The molecular weight excluding hydrogens is 364 g/mol. The molecule has 3 nitrogen and oxygen atoms in total. The van der Waals surface area contributed by atoms with Gasteiger partial charge in [-0.3, -0.25) is 4.79 Å². The van der Waals surface area contributed by atoms with Gasteiger partial charge in [0.05, 0.1) is 22.0 Å². The molecule has 110 valence electrons. The predicted molar refractivity (Wildman–Crippen MR) is 94.2 cm³/mol. The molecule has 0 atom stereocenters. The zero-order chi connectivity index (χ0) is 15.7. The van der Waals surface area contributed by atoms with Gasteiger partial charge in [0.1, 0.15) is 0 Å². The number of hydrogen-bond acceptors (Lipinski definition) is 2. The summed E-state index contributed by atoms with van der Waals surface area (Å²) in [5, 5.41) is 6.18. The van der Waals surface area contributed by atoms with Crippen LogP contribution < -0.4 is 5.01 Å². The first-order valence-electron chi connectivity index (χ1n) is 6.68. The molecule has 2 aromatic rings. The van der Waals surface area contributed by atoms with Crippen LogP contribution in [0, 0.1) is 0 Å². The van der Waals surface area contributed by atoms with E-state index in [1.165, 1.54) is 5.01 Å². The highest BCUT2D eigenvalue weighted by Gasteiger charge is 2.29. The summed E-state index contributed by atoms with van der Waals surface area (Å²) in [5.41, 5.74) is 2.77.